The summed E-state index contributed by atoms with van der Waals surface area (Å²) in [6.07, 6.45) is 6.31. The van der Waals surface area contributed by atoms with Crippen molar-refractivity contribution in [2.75, 3.05) is 13.6 Å². The standard InChI is InChI=1S/C22H34N4O/c1-22(2)12-10-19(11-13-22)25-21(23-3)24-14-6-9-20(27)26-15-17-7-4-5-8-18(17)16-26/h4-5,7-8,19H,6,9-16H2,1-3H3,(H2,23,24,25). The molecule has 0 spiro atoms. The largest absolute Gasteiger partial charge is 0.356 e. The lowest BCUT2D eigenvalue weighted by atomic mass is 9.75. The summed E-state index contributed by atoms with van der Waals surface area (Å²) in [4.78, 5) is 18.8. The monoisotopic (exact) mass is 370 g/mol. The third-order valence-electron chi connectivity index (χ3n) is 5.96. The fourth-order valence-electron chi connectivity index (χ4n) is 4.05. The predicted octanol–water partition coefficient (Wildman–Crippen LogP) is 3.44. The maximum Gasteiger partial charge on any atom is 0.223 e. The Labute approximate surface area is 163 Å². The lowest BCUT2D eigenvalue weighted by Gasteiger charge is -2.35. The van der Waals surface area contributed by atoms with Crippen LogP contribution in [0.4, 0.5) is 0 Å². The van der Waals surface area contributed by atoms with Crippen molar-refractivity contribution in [3.63, 3.8) is 0 Å². The molecule has 5 nitrogen and oxygen atoms in total. The van der Waals surface area contributed by atoms with Crippen molar-refractivity contribution in [2.45, 2.75) is 71.5 Å². The van der Waals surface area contributed by atoms with Crippen LogP contribution < -0.4 is 10.6 Å². The van der Waals surface area contributed by atoms with E-state index in [1.807, 2.05) is 24.1 Å². The molecule has 0 radical (unpaired) electrons. The van der Waals surface area contributed by atoms with Gasteiger partial charge < -0.3 is 15.5 Å². The number of hydrogen-bond acceptors (Lipinski definition) is 2. The number of carbonyl (C=O) groups is 1. The molecule has 1 fully saturated rings. The summed E-state index contributed by atoms with van der Waals surface area (Å²) in [6.45, 7) is 6.98. The number of nitrogens with zero attached hydrogens (tertiary/aromatic N) is 2. The van der Waals surface area contributed by atoms with E-state index in [2.05, 4.69) is 41.6 Å². The van der Waals surface area contributed by atoms with Crippen LogP contribution in [0.15, 0.2) is 29.3 Å². The Hall–Kier alpha value is -2.04. The number of guanidine groups is 1. The molecule has 0 atom stereocenters. The van der Waals surface area contributed by atoms with Gasteiger partial charge in [-0.05, 0) is 48.6 Å². The zero-order valence-corrected chi connectivity index (χ0v) is 17.1. The number of aliphatic imine (C=N–C) groups is 1. The Morgan fingerprint density at radius 3 is 2.41 bits per heavy atom. The summed E-state index contributed by atoms with van der Waals surface area (Å²) < 4.78 is 0. The molecule has 0 bridgehead atoms. The van der Waals surface area contributed by atoms with E-state index in [-0.39, 0.29) is 5.91 Å². The van der Waals surface area contributed by atoms with Gasteiger partial charge in [-0.3, -0.25) is 9.79 Å². The van der Waals surface area contributed by atoms with E-state index in [1.165, 1.54) is 36.8 Å². The van der Waals surface area contributed by atoms with Crippen LogP contribution in [-0.2, 0) is 17.9 Å². The highest BCUT2D eigenvalue weighted by atomic mass is 16.2. The molecule has 1 aliphatic heterocycles. The van der Waals surface area contributed by atoms with Crippen LogP contribution in [0.1, 0.15) is 63.5 Å². The van der Waals surface area contributed by atoms with Crippen LogP contribution in [0.3, 0.4) is 0 Å². The van der Waals surface area contributed by atoms with Crippen molar-refractivity contribution in [2.24, 2.45) is 10.4 Å². The Bertz CT molecular complexity index is 648. The zero-order valence-electron chi connectivity index (χ0n) is 17.1. The molecule has 2 N–H and O–H groups in total. The fourth-order valence-corrected chi connectivity index (χ4v) is 4.05. The van der Waals surface area contributed by atoms with Gasteiger partial charge in [-0.1, -0.05) is 38.1 Å². The smallest absolute Gasteiger partial charge is 0.223 e. The van der Waals surface area contributed by atoms with E-state index >= 15 is 0 Å². The Kier molecular flexibility index (Phi) is 6.40. The molecule has 1 heterocycles. The van der Waals surface area contributed by atoms with E-state index in [0.717, 1.165) is 32.0 Å². The van der Waals surface area contributed by atoms with E-state index < -0.39 is 0 Å². The van der Waals surface area contributed by atoms with Gasteiger partial charge in [0, 0.05) is 39.1 Å². The Morgan fingerprint density at radius 1 is 1.19 bits per heavy atom. The molecule has 0 aromatic heterocycles. The molecule has 3 rings (SSSR count). The van der Waals surface area contributed by atoms with Gasteiger partial charge in [0.2, 0.25) is 5.91 Å². The second kappa shape index (κ2) is 8.77. The normalized spacial score (nSPS) is 19.7. The number of amides is 1. The van der Waals surface area contributed by atoms with Gasteiger partial charge in [-0.2, -0.15) is 0 Å². The molecule has 0 unspecified atom stereocenters. The van der Waals surface area contributed by atoms with E-state index in [4.69, 9.17) is 0 Å². The summed E-state index contributed by atoms with van der Waals surface area (Å²) in [5.74, 6) is 1.10. The number of nitrogens with one attached hydrogen (secondary N) is 2. The summed E-state index contributed by atoms with van der Waals surface area (Å²) in [7, 11) is 1.81. The maximum absolute atomic E-state index is 12.5. The molecule has 2 aliphatic rings. The summed E-state index contributed by atoms with van der Waals surface area (Å²) in [5.41, 5.74) is 3.04. The average molecular weight is 371 g/mol. The van der Waals surface area contributed by atoms with Gasteiger partial charge in [-0.15, -0.1) is 0 Å². The van der Waals surface area contributed by atoms with E-state index in [0.29, 0.717) is 17.9 Å². The molecular weight excluding hydrogens is 336 g/mol. The van der Waals surface area contributed by atoms with Crippen molar-refractivity contribution in [1.29, 1.82) is 0 Å². The minimum Gasteiger partial charge on any atom is -0.356 e. The van der Waals surface area contributed by atoms with Crippen LogP contribution in [-0.4, -0.2) is 36.4 Å². The Morgan fingerprint density at radius 2 is 1.81 bits per heavy atom. The number of rotatable bonds is 5. The first-order valence-corrected chi connectivity index (χ1v) is 10.3. The highest BCUT2D eigenvalue weighted by molar-refractivity contribution is 5.80. The summed E-state index contributed by atoms with van der Waals surface area (Å²) in [5, 5.41) is 6.91. The van der Waals surface area contributed by atoms with Crippen molar-refractivity contribution >= 4 is 11.9 Å². The third-order valence-corrected chi connectivity index (χ3v) is 5.96. The first kappa shape index (κ1) is 19.7. The van der Waals surface area contributed by atoms with Crippen LogP contribution in [0.2, 0.25) is 0 Å². The van der Waals surface area contributed by atoms with Crippen molar-refractivity contribution in [1.82, 2.24) is 15.5 Å². The maximum atomic E-state index is 12.5. The Balaban J connectivity index is 1.34. The molecule has 1 saturated carbocycles. The SMILES string of the molecule is CN=C(NCCCC(=O)N1Cc2ccccc2C1)NC1CCC(C)(C)CC1. The summed E-state index contributed by atoms with van der Waals surface area (Å²) in [6, 6.07) is 8.83. The first-order chi connectivity index (χ1) is 13.0. The van der Waals surface area contributed by atoms with E-state index in [9.17, 15) is 4.79 Å². The first-order valence-electron chi connectivity index (χ1n) is 10.3. The minimum absolute atomic E-state index is 0.241. The van der Waals surface area contributed by atoms with Crippen LogP contribution in [0.5, 0.6) is 0 Å². The zero-order chi connectivity index (χ0) is 19.3. The predicted molar refractivity (Wildman–Crippen MR) is 110 cm³/mol. The number of carbonyl (C=O) groups excluding carboxylic acids is 1. The van der Waals surface area contributed by atoms with Gasteiger partial charge >= 0.3 is 0 Å². The van der Waals surface area contributed by atoms with Crippen molar-refractivity contribution in [3.05, 3.63) is 35.4 Å². The van der Waals surface area contributed by atoms with Crippen LogP contribution in [0.25, 0.3) is 0 Å². The molecule has 0 saturated heterocycles. The van der Waals surface area contributed by atoms with Crippen LogP contribution in [0, 0.1) is 5.41 Å². The average Bonchev–Trinajstić information content (AvgIpc) is 3.09. The molecule has 1 amide bonds. The molecule has 1 aromatic rings. The van der Waals surface area contributed by atoms with Crippen LogP contribution >= 0.6 is 0 Å². The van der Waals surface area contributed by atoms with Crippen molar-refractivity contribution in [3.8, 4) is 0 Å². The number of benzene rings is 1. The second-order valence-electron chi connectivity index (χ2n) is 8.70. The molecule has 27 heavy (non-hydrogen) atoms. The van der Waals surface area contributed by atoms with Crippen molar-refractivity contribution < 1.29 is 4.79 Å². The fraction of sp³-hybridized carbons (Fsp3) is 0.636. The lowest BCUT2D eigenvalue weighted by molar-refractivity contribution is -0.131. The third kappa shape index (κ3) is 5.47. The molecular formula is C22H34N4O. The number of fused-ring (bicyclic) bond motifs is 1. The molecule has 1 aromatic carbocycles. The van der Waals surface area contributed by atoms with Gasteiger partial charge in [0.25, 0.3) is 0 Å². The second-order valence-corrected chi connectivity index (χ2v) is 8.70. The topological polar surface area (TPSA) is 56.7 Å². The summed E-state index contributed by atoms with van der Waals surface area (Å²) >= 11 is 0. The number of hydrogen-bond donors (Lipinski definition) is 2. The molecule has 1 aliphatic carbocycles. The highest BCUT2D eigenvalue weighted by Crippen LogP contribution is 2.34. The van der Waals surface area contributed by atoms with Gasteiger partial charge in [0.15, 0.2) is 5.96 Å². The van der Waals surface area contributed by atoms with Gasteiger partial charge in [0.1, 0.15) is 0 Å². The molecule has 148 valence electrons. The van der Waals surface area contributed by atoms with E-state index in [1.54, 1.807) is 0 Å². The minimum atomic E-state index is 0.241. The highest BCUT2D eigenvalue weighted by Gasteiger charge is 2.27. The quantitative estimate of drug-likeness (QED) is 0.474. The van der Waals surface area contributed by atoms with Gasteiger partial charge in [-0.25, -0.2) is 0 Å². The lowest BCUT2D eigenvalue weighted by Crippen LogP contribution is -2.45. The molecule has 5 heteroatoms. The van der Waals surface area contributed by atoms with Gasteiger partial charge in [0.05, 0.1) is 0 Å².